The zero-order valence-electron chi connectivity index (χ0n) is 16.4. The minimum atomic E-state index is 0. The molecule has 0 saturated carbocycles. The van der Waals surface area contributed by atoms with Gasteiger partial charge in [0.2, 0.25) is 5.13 Å². The van der Waals surface area contributed by atoms with Crippen LogP contribution in [0.2, 0.25) is 0 Å². The molecule has 0 amide bonds. The van der Waals surface area contributed by atoms with Gasteiger partial charge in [0.25, 0.3) is 0 Å². The smallest absolute Gasteiger partial charge is 0.203 e. The van der Waals surface area contributed by atoms with E-state index < -0.39 is 0 Å². The first-order valence-electron chi connectivity index (χ1n) is 9.08. The fourth-order valence-corrected chi connectivity index (χ4v) is 3.85. The number of fused-ring (bicyclic) bond motifs is 2. The molecule has 0 saturated heterocycles. The lowest BCUT2D eigenvalue weighted by Gasteiger charge is -2.17. The number of pyridine rings is 1. The van der Waals surface area contributed by atoms with E-state index in [4.69, 9.17) is 5.10 Å². The third-order valence-electron chi connectivity index (χ3n) is 4.58. The van der Waals surface area contributed by atoms with Crippen molar-refractivity contribution in [3.05, 3.63) is 65.5 Å². The van der Waals surface area contributed by atoms with Gasteiger partial charge in [-0.2, -0.15) is 5.10 Å². The van der Waals surface area contributed by atoms with E-state index in [1.807, 2.05) is 5.38 Å². The second-order valence-electron chi connectivity index (χ2n) is 6.75. The molecule has 154 valence electrons. The molecule has 0 aliphatic heterocycles. The van der Waals surface area contributed by atoms with Crippen LogP contribution in [0.25, 0.3) is 21.8 Å². The van der Waals surface area contributed by atoms with E-state index in [-0.39, 0.29) is 24.8 Å². The van der Waals surface area contributed by atoms with Crippen LogP contribution in [0.3, 0.4) is 0 Å². The van der Waals surface area contributed by atoms with E-state index in [0.717, 1.165) is 40.8 Å². The largest absolute Gasteiger partial charge is 0.340 e. The fraction of sp³-hybridized carbons (Fsp3) is 0.238. The van der Waals surface area contributed by atoms with Gasteiger partial charge in [-0.25, -0.2) is 4.98 Å². The van der Waals surface area contributed by atoms with E-state index >= 15 is 0 Å². The van der Waals surface area contributed by atoms with E-state index in [2.05, 4.69) is 82.5 Å². The Morgan fingerprint density at radius 2 is 1.62 bits per heavy atom. The van der Waals surface area contributed by atoms with Crippen molar-refractivity contribution < 1.29 is 0 Å². The number of nitrogens with zero attached hydrogens (tertiary/aromatic N) is 4. The van der Waals surface area contributed by atoms with Crippen molar-refractivity contribution in [3.8, 4) is 0 Å². The molecule has 0 unspecified atom stereocenters. The average molecular weight is 450 g/mol. The van der Waals surface area contributed by atoms with Crippen molar-refractivity contribution in [3.63, 3.8) is 0 Å². The number of rotatable bonds is 6. The molecule has 2 aromatic heterocycles. The van der Waals surface area contributed by atoms with Crippen molar-refractivity contribution in [1.82, 2.24) is 14.5 Å². The molecule has 1 N–H and O–H groups in total. The lowest BCUT2D eigenvalue weighted by Crippen LogP contribution is -2.18. The number of aromatic nitrogens is 2. The maximum atomic E-state index is 4.73. The summed E-state index contributed by atoms with van der Waals surface area (Å²) in [6, 6.07) is 17.0. The van der Waals surface area contributed by atoms with Gasteiger partial charge in [-0.1, -0.05) is 36.4 Å². The minimum absolute atomic E-state index is 0. The van der Waals surface area contributed by atoms with Gasteiger partial charge in [-0.05, 0) is 39.2 Å². The molecule has 0 atom stereocenters. The molecule has 0 fully saturated rings. The maximum absolute atomic E-state index is 4.73. The summed E-state index contributed by atoms with van der Waals surface area (Å²) >= 11 is 1.54. The Labute approximate surface area is 186 Å². The summed E-state index contributed by atoms with van der Waals surface area (Å²) in [4.78, 5) is 6.50. The zero-order valence-corrected chi connectivity index (χ0v) is 18.9. The standard InChI is InChI=1S/C21H23N5S.2ClH/c1-25(2)13-7-14-26-18-10-5-3-8-16(18)20(17-9-4-6-11-19(17)26)23-24-21-22-12-15-27-21;;/h3-6,8-12,15H,7,13-14H2,1-2H3,(H,22,24);2*1H. The van der Waals surface area contributed by atoms with Gasteiger partial charge in [0.1, 0.15) is 5.36 Å². The molecule has 2 aromatic carbocycles. The van der Waals surface area contributed by atoms with Crippen molar-refractivity contribution in [1.29, 1.82) is 0 Å². The number of nitrogens with one attached hydrogen (secondary N) is 1. The van der Waals surface area contributed by atoms with Crippen LogP contribution < -0.4 is 10.8 Å². The third-order valence-corrected chi connectivity index (χ3v) is 5.26. The number of thiazole rings is 1. The highest BCUT2D eigenvalue weighted by atomic mass is 35.5. The first-order valence-corrected chi connectivity index (χ1v) is 9.96. The van der Waals surface area contributed by atoms with Crippen molar-refractivity contribution >= 4 is 63.1 Å². The Balaban J connectivity index is 0.00000150. The highest BCUT2D eigenvalue weighted by molar-refractivity contribution is 7.13. The molecule has 0 aliphatic rings. The monoisotopic (exact) mass is 449 g/mol. The summed E-state index contributed by atoms with van der Waals surface area (Å²) in [7, 11) is 4.24. The molecule has 0 spiro atoms. The predicted octanol–water partition coefficient (Wildman–Crippen LogP) is 4.97. The van der Waals surface area contributed by atoms with Crippen molar-refractivity contribution in [2.45, 2.75) is 13.0 Å². The number of halogens is 2. The molecule has 8 heteroatoms. The van der Waals surface area contributed by atoms with E-state index in [1.165, 1.54) is 11.0 Å². The molecule has 0 bridgehead atoms. The quantitative estimate of drug-likeness (QED) is 0.333. The van der Waals surface area contributed by atoms with Gasteiger partial charge < -0.3 is 9.47 Å². The van der Waals surface area contributed by atoms with Crippen LogP contribution in [-0.4, -0.2) is 35.1 Å². The van der Waals surface area contributed by atoms with Gasteiger partial charge in [-0.15, -0.1) is 36.2 Å². The second-order valence-corrected chi connectivity index (χ2v) is 7.65. The molecule has 0 radical (unpaired) electrons. The molecular weight excluding hydrogens is 425 g/mol. The fourth-order valence-electron chi connectivity index (χ4n) is 3.38. The van der Waals surface area contributed by atoms with Crippen LogP contribution in [0.15, 0.2) is 65.2 Å². The Morgan fingerprint density at radius 1 is 1.00 bits per heavy atom. The van der Waals surface area contributed by atoms with Crippen LogP contribution in [0.1, 0.15) is 6.42 Å². The van der Waals surface area contributed by atoms with E-state index in [1.54, 1.807) is 17.5 Å². The van der Waals surface area contributed by atoms with Crippen LogP contribution in [0.5, 0.6) is 0 Å². The highest BCUT2D eigenvalue weighted by Crippen LogP contribution is 2.20. The van der Waals surface area contributed by atoms with Gasteiger partial charge >= 0.3 is 0 Å². The van der Waals surface area contributed by atoms with E-state index in [9.17, 15) is 0 Å². The highest BCUT2D eigenvalue weighted by Gasteiger charge is 2.09. The Hall–Kier alpha value is -2.12. The topological polar surface area (TPSA) is 45.5 Å². The van der Waals surface area contributed by atoms with Gasteiger partial charge in [0.15, 0.2) is 0 Å². The molecule has 29 heavy (non-hydrogen) atoms. The molecule has 0 aliphatic carbocycles. The van der Waals surface area contributed by atoms with Crippen LogP contribution in [0, 0.1) is 0 Å². The third kappa shape index (κ3) is 5.08. The van der Waals surface area contributed by atoms with Crippen LogP contribution >= 0.6 is 36.2 Å². The summed E-state index contributed by atoms with van der Waals surface area (Å²) < 4.78 is 2.41. The van der Waals surface area contributed by atoms with Gasteiger partial charge in [-0.3, -0.25) is 5.43 Å². The predicted molar refractivity (Wildman–Crippen MR) is 128 cm³/mol. The van der Waals surface area contributed by atoms with Crippen molar-refractivity contribution in [2.24, 2.45) is 5.10 Å². The first-order chi connectivity index (χ1) is 13.2. The number of benzene rings is 2. The van der Waals surface area contributed by atoms with E-state index in [0.29, 0.717) is 0 Å². The zero-order chi connectivity index (χ0) is 18.6. The SMILES string of the molecule is CN(C)CCCn1c2ccccc2c(=NNc2nccs2)c2ccccc21.Cl.Cl. The number of anilines is 1. The Morgan fingerprint density at radius 3 is 2.17 bits per heavy atom. The minimum Gasteiger partial charge on any atom is -0.340 e. The molecule has 5 nitrogen and oxygen atoms in total. The average Bonchev–Trinajstić information content (AvgIpc) is 3.20. The Bertz CT molecular complexity index is 1060. The van der Waals surface area contributed by atoms with Crippen LogP contribution in [-0.2, 0) is 6.54 Å². The molecule has 4 rings (SSSR count). The maximum Gasteiger partial charge on any atom is 0.203 e. The normalized spacial score (nSPS) is 10.6. The van der Waals surface area contributed by atoms with Crippen LogP contribution in [0.4, 0.5) is 5.13 Å². The summed E-state index contributed by atoms with van der Waals surface area (Å²) in [6.07, 6.45) is 2.88. The lowest BCUT2D eigenvalue weighted by atomic mass is 10.1. The number of hydrogen-bond acceptors (Lipinski definition) is 5. The number of para-hydroxylation sites is 2. The summed E-state index contributed by atoms with van der Waals surface area (Å²) in [5.41, 5.74) is 5.53. The van der Waals surface area contributed by atoms with Gasteiger partial charge in [0, 0.05) is 28.9 Å². The Kier molecular flexibility index (Phi) is 8.46. The molecule has 4 aromatic rings. The molecule has 2 heterocycles. The second kappa shape index (κ2) is 10.6. The number of hydrogen-bond donors (Lipinski definition) is 1. The number of aryl methyl sites for hydroxylation is 1. The van der Waals surface area contributed by atoms with Crippen molar-refractivity contribution in [2.75, 3.05) is 26.1 Å². The molecular formula is C21H25Cl2N5S. The van der Waals surface area contributed by atoms with Gasteiger partial charge in [0.05, 0.1) is 11.0 Å². The lowest BCUT2D eigenvalue weighted by molar-refractivity contribution is 0.389. The summed E-state index contributed by atoms with van der Waals surface area (Å²) in [6.45, 7) is 2.03. The summed E-state index contributed by atoms with van der Waals surface area (Å²) in [5.74, 6) is 0. The summed E-state index contributed by atoms with van der Waals surface area (Å²) in [5, 5.41) is 10.7. The first kappa shape index (κ1) is 23.2.